The molecule has 1 amide bonds. The van der Waals surface area contributed by atoms with Crippen molar-refractivity contribution in [1.82, 2.24) is 19.8 Å². The number of hydrogen-bond acceptors (Lipinski definition) is 5. The lowest BCUT2D eigenvalue weighted by Crippen LogP contribution is -2.62. The van der Waals surface area contributed by atoms with Gasteiger partial charge in [0.1, 0.15) is 5.84 Å². The summed E-state index contributed by atoms with van der Waals surface area (Å²) < 4.78 is 39.7. The average molecular weight is 418 g/mol. The molecule has 1 aromatic carbocycles. The van der Waals surface area contributed by atoms with Crippen molar-refractivity contribution in [3.8, 4) is 0 Å². The fraction of sp³-hybridized carbons (Fsp3) is 0.350. The lowest BCUT2D eigenvalue weighted by atomic mass is 9.98. The topological polar surface area (TPSA) is 97.0 Å². The zero-order valence-electron chi connectivity index (χ0n) is 16.7. The van der Waals surface area contributed by atoms with Gasteiger partial charge in [0.2, 0.25) is 0 Å². The Labute approximate surface area is 171 Å². The van der Waals surface area contributed by atoms with E-state index in [9.17, 15) is 18.0 Å². The van der Waals surface area contributed by atoms with Crippen molar-refractivity contribution < 1.29 is 18.0 Å². The number of carbonyl (C=O) groups is 1. The molecule has 30 heavy (non-hydrogen) atoms. The van der Waals surface area contributed by atoms with Gasteiger partial charge in [0, 0.05) is 30.5 Å². The Bertz CT molecular complexity index is 992. The van der Waals surface area contributed by atoms with Crippen molar-refractivity contribution in [2.45, 2.75) is 39.0 Å². The van der Waals surface area contributed by atoms with Crippen LogP contribution in [0.5, 0.6) is 0 Å². The van der Waals surface area contributed by atoms with Gasteiger partial charge in [-0.15, -0.1) is 0 Å². The van der Waals surface area contributed by atoms with Crippen LogP contribution in [0.3, 0.4) is 0 Å². The van der Waals surface area contributed by atoms with Gasteiger partial charge < -0.3 is 9.80 Å². The number of hydrogen-bond donors (Lipinski definition) is 2. The summed E-state index contributed by atoms with van der Waals surface area (Å²) in [5.74, 6) is -0.522. The van der Waals surface area contributed by atoms with Crippen LogP contribution in [0.2, 0.25) is 0 Å². The minimum absolute atomic E-state index is 0.0245. The summed E-state index contributed by atoms with van der Waals surface area (Å²) in [4.78, 5) is 24.0. The molecule has 2 heterocycles. The molecule has 1 fully saturated rings. The smallest absolute Gasteiger partial charge is 0.324 e. The number of alkyl halides is 3. The van der Waals surface area contributed by atoms with E-state index in [-0.39, 0.29) is 35.2 Å². The lowest BCUT2D eigenvalue weighted by Gasteiger charge is -2.45. The fourth-order valence-corrected chi connectivity index (χ4v) is 3.63. The predicted octanol–water partition coefficient (Wildman–Crippen LogP) is 3.34. The summed E-state index contributed by atoms with van der Waals surface area (Å²) in [6, 6.07) is 3.92. The Morgan fingerprint density at radius 2 is 1.80 bits per heavy atom. The van der Waals surface area contributed by atoms with Gasteiger partial charge in [-0.25, -0.2) is 9.97 Å². The molecule has 2 unspecified atom stereocenters. The van der Waals surface area contributed by atoms with Crippen LogP contribution in [-0.2, 0) is 6.18 Å². The second-order valence-corrected chi connectivity index (χ2v) is 7.13. The van der Waals surface area contributed by atoms with E-state index in [1.54, 1.807) is 19.9 Å². The molecular weight excluding hydrogens is 397 g/mol. The first kappa shape index (κ1) is 21.4. The molecule has 7 nitrogen and oxygen atoms in total. The second kappa shape index (κ2) is 7.85. The number of amidine groups is 2. The standard InChI is InChI=1S/C20H21F3N6O/c1-11-10-28(17(25)18-26-8-5-9-27-18)16(24)13(3)29(11)19(30)14-6-4-7-15(12(14)2)20(21,22)23/h4-9,11,13,24-25H,10H2,1-3H3. The van der Waals surface area contributed by atoms with E-state index >= 15 is 0 Å². The van der Waals surface area contributed by atoms with Crippen LogP contribution < -0.4 is 0 Å². The number of nitrogens with zero attached hydrogens (tertiary/aromatic N) is 4. The van der Waals surface area contributed by atoms with E-state index in [4.69, 9.17) is 10.8 Å². The highest BCUT2D eigenvalue weighted by atomic mass is 19.4. The SMILES string of the molecule is Cc1c(C(=O)N2C(C)CN(C(=N)c3ncccn3)C(=N)C2C)cccc1C(F)(F)F. The molecule has 0 bridgehead atoms. The minimum atomic E-state index is -4.56. The lowest BCUT2D eigenvalue weighted by molar-refractivity contribution is -0.138. The molecule has 1 aromatic heterocycles. The van der Waals surface area contributed by atoms with Crippen molar-refractivity contribution in [2.24, 2.45) is 0 Å². The Morgan fingerprint density at radius 1 is 1.17 bits per heavy atom. The van der Waals surface area contributed by atoms with E-state index in [1.807, 2.05) is 0 Å². The maximum absolute atomic E-state index is 13.2. The molecule has 0 saturated carbocycles. The summed E-state index contributed by atoms with van der Waals surface area (Å²) in [7, 11) is 0. The van der Waals surface area contributed by atoms with Crippen molar-refractivity contribution in [1.29, 1.82) is 10.8 Å². The minimum Gasteiger partial charge on any atom is -0.324 e. The Kier molecular flexibility index (Phi) is 5.60. The van der Waals surface area contributed by atoms with Gasteiger partial charge in [-0.05, 0) is 44.5 Å². The zero-order valence-corrected chi connectivity index (χ0v) is 16.7. The molecule has 0 aliphatic carbocycles. The first-order valence-electron chi connectivity index (χ1n) is 9.25. The summed E-state index contributed by atoms with van der Waals surface area (Å²) in [5, 5.41) is 16.8. The number of piperazine rings is 1. The van der Waals surface area contributed by atoms with Crippen LogP contribution in [0, 0.1) is 17.7 Å². The third-order valence-corrected chi connectivity index (χ3v) is 5.18. The first-order chi connectivity index (χ1) is 14.0. The van der Waals surface area contributed by atoms with Gasteiger partial charge >= 0.3 is 6.18 Å². The quantitative estimate of drug-likeness (QED) is 0.577. The van der Waals surface area contributed by atoms with Crippen molar-refractivity contribution in [3.05, 3.63) is 59.2 Å². The van der Waals surface area contributed by atoms with Crippen molar-refractivity contribution in [3.63, 3.8) is 0 Å². The van der Waals surface area contributed by atoms with Gasteiger partial charge in [0.15, 0.2) is 11.7 Å². The van der Waals surface area contributed by atoms with E-state index in [0.29, 0.717) is 0 Å². The summed E-state index contributed by atoms with van der Waals surface area (Å²) in [5.41, 5.74) is -1.05. The number of benzene rings is 1. The molecule has 3 rings (SSSR count). The third kappa shape index (κ3) is 3.77. The van der Waals surface area contributed by atoms with E-state index in [2.05, 4.69) is 9.97 Å². The zero-order chi connectivity index (χ0) is 22.2. The largest absolute Gasteiger partial charge is 0.416 e. The van der Waals surface area contributed by atoms with Gasteiger partial charge in [0.25, 0.3) is 5.91 Å². The van der Waals surface area contributed by atoms with Gasteiger partial charge in [-0.1, -0.05) is 6.07 Å². The third-order valence-electron chi connectivity index (χ3n) is 5.18. The highest BCUT2D eigenvalue weighted by Crippen LogP contribution is 2.34. The molecule has 2 atom stereocenters. The second-order valence-electron chi connectivity index (χ2n) is 7.13. The van der Waals surface area contributed by atoms with Crippen LogP contribution in [0.1, 0.15) is 41.2 Å². The molecular formula is C20H21F3N6O. The summed E-state index contributed by atoms with van der Waals surface area (Å²) in [6.07, 6.45) is -1.58. The highest BCUT2D eigenvalue weighted by Gasteiger charge is 2.40. The molecule has 10 heteroatoms. The van der Waals surface area contributed by atoms with Crippen LogP contribution in [-0.4, -0.2) is 56.0 Å². The molecule has 1 aliphatic heterocycles. The van der Waals surface area contributed by atoms with Crippen LogP contribution >= 0.6 is 0 Å². The molecule has 0 radical (unpaired) electrons. The Balaban J connectivity index is 1.90. The van der Waals surface area contributed by atoms with E-state index in [1.165, 1.54) is 41.2 Å². The van der Waals surface area contributed by atoms with Crippen molar-refractivity contribution >= 4 is 17.6 Å². The summed E-state index contributed by atoms with van der Waals surface area (Å²) >= 11 is 0. The number of carbonyl (C=O) groups excluding carboxylic acids is 1. The Morgan fingerprint density at radius 3 is 2.40 bits per heavy atom. The molecule has 2 aromatic rings. The Hall–Kier alpha value is -3.30. The van der Waals surface area contributed by atoms with Gasteiger partial charge in [0.05, 0.1) is 11.6 Å². The number of amides is 1. The monoisotopic (exact) mass is 418 g/mol. The first-order valence-corrected chi connectivity index (χ1v) is 9.25. The predicted molar refractivity (Wildman–Crippen MR) is 105 cm³/mol. The van der Waals surface area contributed by atoms with Crippen LogP contribution in [0.15, 0.2) is 36.7 Å². The molecule has 2 N–H and O–H groups in total. The maximum Gasteiger partial charge on any atom is 0.416 e. The van der Waals surface area contributed by atoms with E-state index < -0.39 is 29.7 Å². The number of halogens is 3. The molecule has 158 valence electrons. The highest BCUT2D eigenvalue weighted by molar-refractivity contribution is 6.09. The van der Waals surface area contributed by atoms with Gasteiger partial charge in [-0.3, -0.25) is 15.6 Å². The maximum atomic E-state index is 13.2. The van der Waals surface area contributed by atoms with Crippen LogP contribution in [0.4, 0.5) is 13.2 Å². The molecule has 0 spiro atoms. The van der Waals surface area contributed by atoms with E-state index in [0.717, 1.165) is 6.07 Å². The van der Waals surface area contributed by atoms with Crippen molar-refractivity contribution in [2.75, 3.05) is 6.54 Å². The molecule has 1 saturated heterocycles. The molecule has 1 aliphatic rings. The summed E-state index contributed by atoms with van der Waals surface area (Å²) in [6.45, 7) is 4.75. The normalized spacial score (nSPS) is 19.7. The number of aromatic nitrogens is 2. The number of nitrogens with one attached hydrogen (secondary N) is 2. The number of rotatable bonds is 2. The average Bonchev–Trinajstić information content (AvgIpc) is 2.70. The van der Waals surface area contributed by atoms with Gasteiger partial charge in [-0.2, -0.15) is 13.2 Å². The van der Waals surface area contributed by atoms with Crippen LogP contribution in [0.25, 0.3) is 0 Å². The fourth-order valence-electron chi connectivity index (χ4n) is 3.63.